The number of hydrogen-bond donors (Lipinski definition) is 4. The van der Waals surface area contributed by atoms with Crippen LogP contribution in [0, 0.1) is 0 Å². The second kappa shape index (κ2) is 6.00. The zero-order chi connectivity index (χ0) is 14.6. The number of urea groups is 1. The number of oxime groups is 1. The van der Waals surface area contributed by atoms with Gasteiger partial charge in [-0.2, -0.15) is 0 Å². The molecule has 0 heterocycles. The molecule has 1 saturated carbocycles. The number of hydrogen-bond acceptors (Lipinski definition) is 3. The summed E-state index contributed by atoms with van der Waals surface area (Å²) in [6.45, 7) is 0. The van der Waals surface area contributed by atoms with Gasteiger partial charge >= 0.3 is 6.03 Å². The first kappa shape index (κ1) is 14.5. The van der Waals surface area contributed by atoms with Gasteiger partial charge in [0.15, 0.2) is 5.84 Å². The van der Waals surface area contributed by atoms with Gasteiger partial charge in [-0.05, 0) is 25.0 Å². The molecule has 1 aromatic rings. The van der Waals surface area contributed by atoms with Gasteiger partial charge in [0.25, 0.3) is 0 Å². The lowest BCUT2D eigenvalue weighted by molar-refractivity contribution is 0.243. The van der Waals surface area contributed by atoms with Crippen molar-refractivity contribution in [3.8, 4) is 0 Å². The van der Waals surface area contributed by atoms with E-state index in [0.29, 0.717) is 23.6 Å². The number of amidine groups is 1. The Kier molecular flexibility index (Phi) is 4.34. The monoisotopic (exact) mass is 296 g/mol. The molecule has 1 aliphatic carbocycles. The van der Waals surface area contributed by atoms with Crippen LogP contribution in [0.2, 0.25) is 5.02 Å². The molecule has 0 atom stereocenters. The molecule has 108 valence electrons. The van der Waals surface area contributed by atoms with Gasteiger partial charge in [0, 0.05) is 0 Å². The standard InChI is InChI=1S/C13H17ClN4O2/c14-9-5-1-2-6-10(9)16-12(19)17-13(11(15)18-20)7-3-4-8-13/h1-2,5-6,20H,3-4,7-8H2,(H2,15,18)(H2,16,17,19). The van der Waals surface area contributed by atoms with Crippen molar-refractivity contribution in [1.29, 1.82) is 0 Å². The summed E-state index contributed by atoms with van der Waals surface area (Å²) in [5.41, 5.74) is 5.45. The van der Waals surface area contributed by atoms with Crippen LogP contribution in [-0.4, -0.2) is 22.6 Å². The first-order valence-electron chi connectivity index (χ1n) is 6.39. The Bertz CT molecular complexity index is 527. The van der Waals surface area contributed by atoms with Gasteiger partial charge < -0.3 is 21.6 Å². The predicted molar refractivity (Wildman–Crippen MR) is 78.2 cm³/mol. The maximum Gasteiger partial charge on any atom is 0.320 e. The lowest BCUT2D eigenvalue weighted by Crippen LogP contribution is -2.56. The van der Waals surface area contributed by atoms with Gasteiger partial charge in [0.05, 0.1) is 10.7 Å². The molecule has 0 radical (unpaired) electrons. The number of carbonyl (C=O) groups excluding carboxylic acids is 1. The zero-order valence-corrected chi connectivity index (χ0v) is 11.7. The van der Waals surface area contributed by atoms with Crippen molar-refractivity contribution < 1.29 is 10.0 Å². The number of nitrogens with two attached hydrogens (primary N) is 1. The van der Waals surface area contributed by atoms with Crippen LogP contribution in [0.15, 0.2) is 29.4 Å². The van der Waals surface area contributed by atoms with E-state index in [4.69, 9.17) is 22.5 Å². The zero-order valence-electron chi connectivity index (χ0n) is 10.9. The normalized spacial score (nSPS) is 17.8. The number of halogens is 1. The number of nitrogens with zero attached hydrogens (tertiary/aromatic N) is 1. The van der Waals surface area contributed by atoms with Crippen molar-refractivity contribution in [3.05, 3.63) is 29.3 Å². The van der Waals surface area contributed by atoms with Crippen molar-refractivity contribution in [2.45, 2.75) is 31.2 Å². The molecule has 0 bridgehead atoms. The van der Waals surface area contributed by atoms with Crippen LogP contribution in [0.4, 0.5) is 10.5 Å². The Morgan fingerprint density at radius 2 is 2.00 bits per heavy atom. The summed E-state index contributed by atoms with van der Waals surface area (Å²) in [4.78, 5) is 12.1. The average molecular weight is 297 g/mol. The lowest BCUT2D eigenvalue weighted by atomic mass is 9.96. The quantitative estimate of drug-likeness (QED) is 0.298. The number of anilines is 1. The summed E-state index contributed by atoms with van der Waals surface area (Å²) < 4.78 is 0. The predicted octanol–water partition coefficient (Wildman–Crippen LogP) is 2.52. The van der Waals surface area contributed by atoms with Crippen LogP contribution < -0.4 is 16.4 Å². The number of nitrogens with one attached hydrogen (secondary N) is 2. The molecule has 1 aliphatic rings. The molecular weight excluding hydrogens is 280 g/mol. The fraction of sp³-hybridized carbons (Fsp3) is 0.385. The van der Waals surface area contributed by atoms with Gasteiger partial charge in [0.1, 0.15) is 5.54 Å². The average Bonchev–Trinajstić information content (AvgIpc) is 2.90. The number of amides is 2. The third kappa shape index (κ3) is 2.96. The third-order valence-corrected chi connectivity index (χ3v) is 3.86. The molecular formula is C13H17ClN4O2. The Morgan fingerprint density at radius 1 is 1.35 bits per heavy atom. The first-order chi connectivity index (χ1) is 9.57. The Labute approximate surface area is 122 Å². The van der Waals surface area contributed by atoms with E-state index in [1.807, 2.05) is 0 Å². The Balaban J connectivity index is 2.08. The van der Waals surface area contributed by atoms with Gasteiger partial charge in [0.2, 0.25) is 0 Å². The maximum atomic E-state index is 12.1. The van der Waals surface area contributed by atoms with Crippen molar-refractivity contribution in [2.75, 3.05) is 5.32 Å². The van der Waals surface area contributed by atoms with E-state index >= 15 is 0 Å². The summed E-state index contributed by atoms with van der Waals surface area (Å²) in [7, 11) is 0. The van der Waals surface area contributed by atoms with Crippen molar-refractivity contribution in [2.24, 2.45) is 10.9 Å². The molecule has 1 fully saturated rings. The SMILES string of the molecule is N/C(=N/O)C1(NC(=O)Nc2ccccc2Cl)CCCC1. The van der Waals surface area contributed by atoms with Crippen LogP contribution >= 0.6 is 11.6 Å². The van der Waals surface area contributed by atoms with Crippen LogP contribution in [-0.2, 0) is 0 Å². The molecule has 1 aromatic carbocycles. The molecule has 2 amide bonds. The number of rotatable bonds is 3. The number of para-hydroxylation sites is 1. The molecule has 0 saturated heterocycles. The van der Waals surface area contributed by atoms with E-state index in [1.54, 1.807) is 24.3 Å². The van der Waals surface area contributed by atoms with E-state index in [1.165, 1.54) is 0 Å². The summed E-state index contributed by atoms with van der Waals surface area (Å²) in [5, 5.41) is 17.8. The van der Waals surface area contributed by atoms with Crippen LogP contribution in [0.3, 0.4) is 0 Å². The highest BCUT2D eigenvalue weighted by molar-refractivity contribution is 6.33. The molecule has 0 aromatic heterocycles. The van der Waals surface area contributed by atoms with Gasteiger partial charge in [-0.15, -0.1) is 0 Å². The van der Waals surface area contributed by atoms with Gasteiger partial charge in [-0.3, -0.25) is 0 Å². The van der Waals surface area contributed by atoms with E-state index in [2.05, 4.69) is 15.8 Å². The maximum absolute atomic E-state index is 12.1. The molecule has 2 rings (SSSR count). The number of carbonyl (C=O) groups is 1. The molecule has 0 spiro atoms. The largest absolute Gasteiger partial charge is 0.409 e. The Morgan fingerprint density at radius 3 is 2.60 bits per heavy atom. The molecule has 0 aliphatic heterocycles. The molecule has 6 nitrogen and oxygen atoms in total. The second-order valence-corrected chi connectivity index (χ2v) is 5.24. The summed E-state index contributed by atoms with van der Waals surface area (Å²) in [6.07, 6.45) is 3.14. The summed E-state index contributed by atoms with van der Waals surface area (Å²) >= 11 is 5.98. The van der Waals surface area contributed by atoms with Gasteiger partial charge in [-0.1, -0.05) is 41.7 Å². The fourth-order valence-electron chi connectivity index (χ4n) is 2.45. The molecule has 20 heavy (non-hydrogen) atoms. The summed E-state index contributed by atoms with van der Waals surface area (Å²) in [6, 6.07) is 6.52. The fourth-order valence-corrected chi connectivity index (χ4v) is 2.64. The van der Waals surface area contributed by atoms with E-state index in [0.717, 1.165) is 12.8 Å². The van der Waals surface area contributed by atoms with Crippen molar-refractivity contribution >= 4 is 29.2 Å². The molecule has 0 unspecified atom stereocenters. The van der Waals surface area contributed by atoms with Crippen LogP contribution in [0.1, 0.15) is 25.7 Å². The lowest BCUT2D eigenvalue weighted by Gasteiger charge is -2.28. The van der Waals surface area contributed by atoms with Crippen LogP contribution in [0.5, 0.6) is 0 Å². The third-order valence-electron chi connectivity index (χ3n) is 3.53. The van der Waals surface area contributed by atoms with Gasteiger partial charge in [-0.25, -0.2) is 4.79 Å². The summed E-state index contributed by atoms with van der Waals surface area (Å²) in [5.74, 6) is 0.0318. The van der Waals surface area contributed by atoms with E-state index in [9.17, 15) is 4.79 Å². The van der Waals surface area contributed by atoms with E-state index < -0.39 is 11.6 Å². The second-order valence-electron chi connectivity index (χ2n) is 4.83. The number of benzene rings is 1. The topological polar surface area (TPSA) is 99.7 Å². The smallest absolute Gasteiger partial charge is 0.320 e. The minimum atomic E-state index is -0.778. The van der Waals surface area contributed by atoms with Crippen molar-refractivity contribution in [3.63, 3.8) is 0 Å². The molecule has 5 N–H and O–H groups in total. The van der Waals surface area contributed by atoms with Crippen LogP contribution in [0.25, 0.3) is 0 Å². The van der Waals surface area contributed by atoms with E-state index in [-0.39, 0.29) is 5.84 Å². The Hall–Kier alpha value is -1.95. The minimum Gasteiger partial charge on any atom is -0.409 e. The highest BCUT2D eigenvalue weighted by Crippen LogP contribution is 2.30. The highest BCUT2D eigenvalue weighted by atomic mass is 35.5. The minimum absolute atomic E-state index is 0.0318. The van der Waals surface area contributed by atoms with Crippen molar-refractivity contribution in [1.82, 2.24) is 5.32 Å². The molecule has 7 heteroatoms. The first-order valence-corrected chi connectivity index (χ1v) is 6.77. The highest BCUT2D eigenvalue weighted by Gasteiger charge is 2.39.